The van der Waals surface area contributed by atoms with Crippen molar-refractivity contribution in [3.63, 3.8) is 0 Å². The molecule has 0 atom stereocenters. The van der Waals surface area contributed by atoms with Crippen LogP contribution >= 0.6 is 39.7 Å². The SMILES string of the molecule is NC(=S)NC(=O)c1ccc(OCc2ccc(Cl)cc2)c(Br)c1. The average Bonchev–Trinajstić information content (AvgIpc) is 2.47. The average molecular weight is 400 g/mol. The van der Waals surface area contributed by atoms with Gasteiger partial charge in [-0.15, -0.1) is 0 Å². The Hall–Kier alpha value is -1.63. The Bertz CT molecular complexity index is 707. The molecule has 2 aromatic rings. The lowest BCUT2D eigenvalue weighted by molar-refractivity contribution is 0.0977. The Morgan fingerprint density at radius 3 is 2.55 bits per heavy atom. The van der Waals surface area contributed by atoms with Crippen LogP contribution in [-0.4, -0.2) is 11.0 Å². The monoisotopic (exact) mass is 398 g/mol. The van der Waals surface area contributed by atoms with Crippen molar-refractivity contribution < 1.29 is 9.53 Å². The lowest BCUT2D eigenvalue weighted by Gasteiger charge is -2.10. The van der Waals surface area contributed by atoms with Gasteiger partial charge in [-0.3, -0.25) is 10.1 Å². The molecule has 0 unspecified atom stereocenters. The summed E-state index contributed by atoms with van der Waals surface area (Å²) in [4.78, 5) is 11.8. The molecule has 2 rings (SSSR count). The van der Waals surface area contributed by atoms with Crippen molar-refractivity contribution in [3.8, 4) is 5.75 Å². The summed E-state index contributed by atoms with van der Waals surface area (Å²) in [6.07, 6.45) is 0. The number of carbonyl (C=O) groups is 1. The van der Waals surface area contributed by atoms with Crippen LogP contribution in [-0.2, 0) is 6.61 Å². The van der Waals surface area contributed by atoms with Crippen molar-refractivity contribution in [2.45, 2.75) is 6.61 Å². The summed E-state index contributed by atoms with van der Waals surface area (Å²) in [5, 5.41) is 2.98. The molecular weight excluding hydrogens is 388 g/mol. The van der Waals surface area contributed by atoms with E-state index in [0.29, 0.717) is 27.4 Å². The number of rotatable bonds is 4. The molecule has 0 bridgehead atoms. The summed E-state index contributed by atoms with van der Waals surface area (Å²) in [6.45, 7) is 0.397. The van der Waals surface area contributed by atoms with E-state index in [4.69, 9.17) is 22.1 Å². The van der Waals surface area contributed by atoms with E-state index in [1.807, 2.05) is 12.1 Å². The molecule has 3 N–H and O–H groups in total. The molecule has 0 aliphatic rings. The van der Waals surface area contributed by atoms with Crippen LogP contribution in [0, 0.1) is 0 Å². The highest BCUT2D eigenvalue weighted by Crippen LogP contribution is 2.27. The number of halogens is 2. The summed E-state index contributed by atoms with van der Waals surface area (Å²) in [5.41, 5.74) is 6.70. The van der Waals surface area contributed by atoms with E-state index in [9.17, 15) is 4.79 Å². The maximum atomic E-state index is 11.8. The van der Waals surface area contributed by atoms with Crippen molar-refractivity contribution in [2.24, 2.45) is 5.73 Å². The lowest BCUT2D eigenvalue weighted by Crippen LogP contribution is -2.34. The summed E-state index contributed by atoms with van der Waals surface area (Å²) in [7, 11) is 0. The van der Waals surface area contributed by atoms with Crippen LogP contribution in [0.3, 0.4) is 0 Å². The van der Waals surface area contributed by atoms with Gasteiger partial charge in [-0.25, -0.2) is 0 Å². The molecule has 0 aromatic heterocycles. The Morgan fingerprint density at radius 1 is 1.27 bits per heavy atom. The van der Waals surface area contributed by atoms with Crippen molar-refractivity contribution >= 4 is 50.8 Å². The largest absolute Gasteiger partial charge is 0.488 e. The van der Waals surface area contributed by atoms with Gasteiger partial charge in [0.15, 0.2) is 5.11 Å². The van der Waals surface area contributed by atoms with E-state index in [1.54, 1.807) is 30.3 Å². The fraction of sp³-hybridized carbons (Fsp3) is 0.0667. The van der Waals surface area contributed by atoms with Gasteiger partial charge in [-0.05, 0) is 64.0 Å². The van der Waals surface area contributed by atoms with Gasteiger partial charge in [-0.1, -0.05) is 23.7 Å². The van der Waals surface area contributed by atoms with Gasteiger partial charge in [0.25, 0.3) is 5.91 Å². The predicted octanol–water partition coefficient (Wildman–Crippen LogP) is 3.65. The number of amides is 1. The molecule has 4 nitrogen and oxygen atoms in total. The smallest absolute Gasteiger partial charge is 0.257 e. The molecule has 0 aliphatic carbocycles. The van der Waals surface area contributed by atoms with Gasteiger partial charge < -0.3 is 10.5 Å². The van der Waals surface area contributed by atoms with Gasteiger partial charge in [0.1, 0.15) is 12.4 Å². The van der Waals surface area contributed by atoms with Crippen LogP contribution in [0.5, 0.6) is 5.75 Å². The number of nitrogens with one attached hydrogen (secondary N) is 1. The molecular formula is C15H12BrClN2O2S. The molecule has 0 saturated heterocycles. The van der Waals surface area contributed by atoms with Gasteiger partial charge >= 0.3 is 0 Å². The van der Waals surface area contributed by atoms with Crippen molar-refractivity contribution in [1.29, 1.82) is 0 Å². The quantitative estimate of drug-likeness (QED) is 0.770. The molecule has 0 spiro atoms. The molecule has 114 valence electrons. The minimum Gasteiger partial charge on any atom is -0.488 e. The van der Waals surface area contributed by atoms with E-state index >= 15 is 0 Å². The lowest BCUT2D eigenvalue weighted by atomic mass is 10.2. The second-order valence-electron chi connectivity index (χ2n) is 4.38. The van der Waals surface area contributed by atoms with E-state index in [2.05, 4.69) is 33.5 Å². The maximum Gasteiger partial charge on any atom is 0.257 e. The fourth-order valence-corrected chi connectivity index (χ4v) is 2.40. The summed E-state index contributed by atoms with van der Waals surface area (Å²) in [5.74, 6) is 0.263. The Labute approximate surface area is 146 Å². The minimum absolute atomic E-state index is 0.0656. The Kier molecular flexibility index (Phi) is 5.76. The molecule has 1 amide bonds. The first kappa shape index (κ1) is 16.7. The summed E-state index contributed by atoms with van der Waals surface area (Å²) >= 11 is 13.8. The molecule has 0 saturated carbocycles. The maximum absolute atomic E-state index is 11.8. The van der Waals surface area contributed by atoms with E-state index in [1.165, 1.54) is 0 Å². The molecule has 0 aliphatic heterocycles. The first-order valence-electron chi connectivity index (χ1n) is 6.23. The zero-order valence-corrected chi connectivity index (χ0v) is 14.5. The molecule has 0 radical (unpaired) electrons. The highest BCUT2D eigenvalue weighted by molar-refractivity contribution is 9.10. The number of nitrogens with two attached hydrogens (primary N) is 1. The number of benzene rings is 2. The normalized spacial score (nSPS) is 10.1. The number of carbonyl (C=O) groups excluding carboxylic acids is 1. The Balaban J connectivity index is 2.05. The third-order valence-electron chi connectivity index (χ3n) is 2.74. The van der Waals surface area contributed by atoms with Gasteiger partial charge in [0.2, 0.25) is 0 Å². The van der Waals surface area contributed by atoms with Crippen LogP contribution < -0.4 is 15.8 Å². The van der Waals surface area contributed by atoms with Crippen molar-refractivity contribution in [3.05, 3.63) is 63.1 Å². The third kappa shape index (κ3) is 4.69. The van der Waals surface area contributed by atoms with E-state index < -0.39 is 0 Å². The molecule has 22 heavy (non-hydrogen) atoms. The minimum atomic E-state index is -0.363. The van der Waals surface area contributed by atoms with E-state index in [0.717, 1.165) is 5.56 Å². The van der Waals surface area contributed by atoms with Gasteiger partial charge in [-0.2, -0.15) is 0 Å². The molecule has 0 heterocycles. The van der Waals surface area contributed by atoms with Crippen LogP contribution in [0.15, 0.2) is 46.9 Å². The number of hydrogen-bond donors (Lipinski definition) is 2. The second kappa shape index (κ2) is 7.58. The fourth-order valence-electron chi connectivity index (χ4n) is 1.68. The number of thiocarbonyl (C=S) groups is 1. The van der Waals surface area contributed by atoms with Crippen molar-refractivity contribution in [1.82, 2.24) is 5.32 Å². The number of ether oxygens (including phenoxy) is 1. The van der Waals surface area contributed by atoms with Gasteiger partial charge in [0.05, 0.1) is 4.47 Å². The van der Waals surface area contributed by atoms with E-state index in [-0.39, 0.29) is 11.0 Å². The Morgan fingerprint density at radius 2 is 1.95 bits per heavy atom. The summed E-state index contributed by atoms with van der Waals surface area (Å²) < 4.78 is 6.37. The first-order valence-corrected chi connectivity index (χ1v) is 7.81. The highest BCUT2D eigenvalue weighted by Gasteiger charge is 2.10. The van der Waals surface area contributed by atoms with Crippen LogP contribution in [0.1, 0.15) is 15.9 Å². The zero-order valence-electron chi connectivity index (χ0n) is 11.3. The first-order chi connectivity index (χ1) is 10.5. The second-order valence-corrected chi connectivity index (χ2v) is 6.11. The molecule has 7 heteroatoms. The summed E-state index contributed by atoms with van der Waals surface area (Å²) in [6, 6.07) is 12.4. The van der Waals surface area contributed by atoms with Gasteiger partial charge in [0, 0.05) is 10.6 Å². The topological polar surface area (TPSA) is 64.3 Å². The number of hydrogen-bond acceptors (Lipinski definition) is 3. The van der Waals surface area contributed by atoms with Crippen molar-refractivity contribution in [2.75, 3.05) is 0 Å². The zero-order chi connectivity index (χ0) is 16.1. The predicted molar refractivity (Wildman–Crippen MR) is 94.2 cm³/mol. The highest BCUT2D eigenvalue weighted by atomic mass is 79.9. The molecule has 2 aromatic carbocycles. The van der Waals surface area contributed by atoms with Crippen LogP contribution in [0.2, 0.25) is 5.02 Å². The van der Waals surface area contributed by atoms with Crippen LogP contribution in [0.4, 0.5) is 0 Å². The molecule has 0 fully saturated rings. The standard InChI is InChI=1S/C15H12BrClN2O2S/c16-12-7-10(14(20)19-15(18)22)3-6-13(12)21-8-9-1-4-11(17)5-2-9/h1-7H,8H2,(H3,18,19,20,22). The third-order valence-corrected chi connectivity index (χ3v) is 3.71. The van der Waals surface area contributed by atoms with Crippen LogP contribution in [0.25, 0.3) is 0 Å².